The van der Waals surface area contributed by atoms with Crippen molar-refractivity contribution in [2.45, 2.75) is 6.17 Å². The van der Waals surface area contributed by atoms with E-state index in [1.165, 1.54) is 4.90 Å². The summed E-state index contributed by atoms with van der Waals surface area (Å²) in [5.41, 5.74) is 6.79. The van der Waals surface area contributed by atoms with Crippen LogP contribution in [0.15, 0.2) is 24.3 Å². The van der Waals surface area contributed by atoms with E-state index in [0.29, 0.717) is 18.9 Å². The van der Waals surface area contributed by atoms with Gasteiger partial charge in [-0.2, -0.15) is 0 Å². The Morgan fingerprint density at radius 3 is 2.88 bits per heavy atom. The van der Waals surface area contributed by atoms with Gasteiger partial charge in [-0.3, -0.25) is 4.90 Å². The first-order valence-corrected chi connectivity index (χ1v) is 5.06. The molecular formula is C11H14N2O3. The normalized spacial score (nSPS) is 17.1. The summed E-state index contributed by atoms with van der Waals surface area (Å²) in [6.45, 7) is 0.903. The fourth-order valence-electron chi connectivity index (χ4n) is 1.74. The molecule has 5 nitrogen and oxygen atoms in total. The number of nitrogens with two attached hydrogens (primary N) is 1. The summed E-state index contributed by atoms with van der Waals surface area (Å²) in [5.74, 6) is 0.676. The molecular weight excluding hydrogens is 208 g/mol. The second kappa shape index (κ2) is 4.40. The topological polar surface area (TPSA) is 64.8 Å². The summed E-state index contributed by atoms with van der Waals surface area (Å²) in [7, 11) is 1.58. The second-order valence-corrected chi connectivity index (χ2v) is 3.49. The molecule has 2 N–H and O–H groups in total. The van der Waals surface area contributed by atoms with Crippen molar-refractivity contribution in [3.05, 3.63) is 29.8 Å². The molecule has 1 aliphatic heterocycles. The summed E-state index contributed by atoms with van der Waals surface area (Å²) in [5, 5.41) is 0. The van der Waals surface area contributed by atoms with Gasteiger partial charge in [0.1, 0.15) is 18.5 Å². The quantitative estimate of drug-likeness (QED) is 0.831. The third-order valence-corrected chi connectivity index (χ3v) is 2.59. The van der Waals surface area contributed by atoms with E-state index in [-0.39, 0.29) is 6.09 Å². The van der Waals surface area contributed by atoms with Gasteiger partial charge in [0.2, 0.25) is 0 Å². The fraction of sp³-hybridized carbons (Fsp3) is 0.364. The van der Waals surface area contributed by atoms with Crippen LogP contribution in [0.25, 0.3) is 0 Å². The van der Waals surface area contributed by atoms with Crippen LogP contribution in [0.3, 0.4) is 0 Å². The number of hydrogen-bond donors (Lipinski definition) is 1. The van der Waals surface area contributed by atoms with E-state index in [0.717, 1.165) is 5.56 Å². The van der Waals surface area contributed by atoms with Crippen LogP contribution < -0.4 is 10.5 Å². The number of para-hydroxylation sites is 1. The standard InChI is InChI=1S/C11H14N2O3/c1-15-9-5-3-2-4-8(9)10(12)13-6-7-16-11(13)14/h2-5,10H,6-7,12H2,1H3. The maximum Gasteiger partial charge on any atom is 0.411 e. The van der Waals surface area contributed by atoms with Crippen LogP contribution in [0.2, 0.25) is 0 Å². The molecule has 5 heteroatoms. The Kier molecular flexibility index (Phi) is 2.96. The van der Waals surface area contributed by atoms with Crippen LogP contribution in [0, 0.1) is 0 Å². The molecule has 1 saturated heterocycles. The first-order chi connectivity index (χ1) is 7.74. The number of carbonyl (C=O) groups excluding carboxylic acids is 1. The van der Waals surface area contributed by atoms with Crippen molar-refractivity contribution in [2.75, 3.05) is 20.3 Å². The highest BCUT2D eigenvalue weighted by Gasteiger charge is 2.29. The summed E-state index contributed by atoms with van der Waals surface area (Å²) >= 11 is 0. The highest BCUT2D eigenvalue weighted by atomic mass is 16.6. The van der Waals surface area contributed by atoms with Gasteiger partial charge in [0.25, 0.3) is 0 Å². The number of amides is 1. The molecule has 86 valence electrons. The van der Waals surface area contributed by atoms with Crippen LogP contribution in [0.4, 0.5) is 4.79 Å². The predicted molar refractivity (Wildman–Crippen MR) is 58.0 cm³/mol. The molecule has 1 heterocycles. The minimum Gasteiger partial charge on any atom is -0.496 e. The number of cyclic esters (lactones) is 1. The molecule has 1 aromatic rings. The Balaban J connectivity index is 2.26. The number of nitrogens with zero attached hydrogens (tertiary/aromatic N) is 1. The molecule has 1 fully saturated rings. The monoisotopic (exact) mass is 222 g/mol. The van der Waals surface area contributed by atoms with Crippen molar-refractivity contribution in [1.29, 1.82) is 0 Å². The van der Waals surface area contributed by atoms with Crippen LogP contribution in [0.5, 0.6) is 5.75 Å². The maximum absolute atomic E-state index is 11.4. The van der Waals surface area contributed by atoms with Crippen molar-refractivity contribution in [1.82, 2.24) is 4.90 Å². The van der Waals surface area contributed by atoms with Crippen molar-refractivity contribution in [3.8, 4) is 5.75 Å². The van der Waals surface area contributed by atoms with E-state index in [9.17, 15) is 4.79 Å². The van der Waals surface area contributed by atoms with Gasteiger partial charge in [-0.05, 0) is 6.07 Å². The third-order valence-electron chi connectivity index (χ3n) is 2.59. The van der Waals surface area contributed by atoms with Crippen molar-refractivity contribution >= 4 is 6.09 Å². The lowest BCUT2D eigenvalue weighted by molar-refractivity contribution is 0.148. The molecule has 2 rings (SSSR count). The number of hydrogen-bond acceptors (Lipinski definition) is 4. The highest BCUT2D eigenvalue weighted by molar-refractivity contribution is 5.70. The highest BCUT2D eigenvalue weighted by Crippen LogP contribution is 2.27. The minimum atomic E-state index is -0.522. The molecule has 1 unspecified atom stereocenters. The summed E-state index contributed by atoms with van der Waals surface area (Å²) in [4.78, 5) is 12.9. The molecule has 0 radical (unpaired) electrons. The zero-order chi connectivity index (χ0) is 11.5. The number of carbonyl (C=O) groups is 1. The van der Waals surface area contributed by atoms with Crippen LogP contribution >= 0.6 is 0 Å². The summed E-state index contributed by atoms with van der Waals surface area (Å²) in [6.07, 6.45) is -0.899. The maximum atomic E-state index is 11.4. The van der Waals surface area contributed by atoms with E-state index in [4.69, 9.17) is 15.2 Å². The van der Waals surface area contributed by atoms with Gasteiger partial charge in [-0.15, -0.1) is 0 Å². The van der Waals surface area contributed by atoms with Gasteiger partial charge in [0, 0.05) is 5.56 Å². The Bertz CT molecular complexity index is 395. The van der Waals surface area contributed by atoms with E-state index < -0.39 is 6.17 Å². The first kappa shape index (κ1) is 10.8. The third kappa shape index (κ3) is 1.81. The average Bonchev–Trinajstić information content (AvgIpc) is 2.74. The van der Waals surface area contributed by atoms with Gasteiger partial charge < -0.3 is 15.2 Å². The minimum absolute atomic E-state index is 0.376. The predicted octanol–water partition coefficient (Wildman–Crippen LogP) is 1.10. The van der Waals surface area contributed by atoms with Gasteiger partial charge in [-0.1, -0.05) is 18.2 Å². The van der Waals surface area contributed by atoms with Gasteiger partial charge in [-0.25, -0.2) is 4.79 Å². The molecule has 1 amide bonds. The SMILES string of the molecule is COc1ccccc1C(N)N1CCOC1=O. The van der Waals surface area contributed by atoms with Gasteiger partial charge in [0.15, 0.2) is 0 Å². The van der Waals surface area contributed by atoms with E-state index in [1.807, 2.05) is 24.3 Å². The zero-order valence-electron chi connectivity index (χ0n) is 9.05. The second-order valence-electron chi connectivity index (χ2n) is 3.49. The lowest BCUT2D eigenvalue weighted by Crippen LogP contribution is -2.35. The van der Waals surface area contributed by atoms with E-state index in [1.54, 1.807) is 7.11 Å². The van der Waals surface area contributed by atoms with Crippen molar-refractivity contribution < 1.29 is 14.3 Å². The molecule has 16 heavy (non-hydrogen) atoms. The van der Waals surface area contributed by atoms with E-state index in [2.05, 4.69) is 0 Å². The first-order valence-electron chi connectivity index (χ1n) is 5.06. The Labute approximate surface area is 93.7 Å². The van der Waals surface area contributed by atoms with Crippen molar-refractivity contribution in [3.63, 3.8) is 0 Å². The smallest absolute Gasteiger partial charge is 0.411 e. The van der Waals surface area contributed by atoms with Crippen LogP contribution in [0.1, 0.15) is 11.7 Å². The zero-order valence-corrected chi connectivity index (χ0v) is 9.05. The van der Waals surface area contributed by atoms with E-state index >= 15 is 0 Å². The molecule has 1 atom stereocenters. The molecule has 0 aliphatic carbocycles. The molecule has 0 spiro atoms. The molecule has 0 saturated carbocycles. The average molecular weight is 222 g/mol. The number of methoxy groups -OCH3 is 1. The molecule has 0 bridgehead atoms. The molecule has 1 aliphatic rings. The molecule has 0 aromatic heterocycles. The Morgan fingerprint density at radius 2 is 2.25 bits per heavy atom. The summed E-state index contributed by atoms with van der Waals surface area (Å²) in [6, 6.07) is 7.38. The number of benzene rings is 1. The number of ether oxygens (including phenoxy) is 2. The number of rotatable bonds is 3. The largest absolute Gasteiger partial charge is 0.496 e. The van der Waals surface area contributed by atoms with Gasteiger partial charge in [0.05, 0.1) is 13.7 Å². The summed E-state index contributed by atoms with van der Waals surface area (Å²) < 4.78 is 10.1. The van der Waals surface area contributed by atoms with Crippen LogP contribution in [-0.4, -0.2) is 31.3 Å². The lowest BCUT2D eigenvalue weighted by atomic mass is 10.1. The van der Waals surface area contributed by atoms with Crippen LogP contribution in [-0.2, 0) is 4.74 Å². The molecule has 1 aromatic carbocycles. The van der Waals surface area contributed by atoms with Gasteiger partial charge >= 0.3 is 6.09 Å². The Hall–Kier alpha value is -1.75. The lowest BCUT2D eigenvalue weighted by Gasteiger charge is -2.23. The Morgan fingerprint density at radius 1 is 1.50 bits per heavy atom. The van der Waals surface area contributed by atoms with Crippen molar-refractivity contribution in [2.24, 2.45) is 5.73 Å². The fourth-order valence-corrected chi connectivity index (χ4v) is 1.74.